The van der Waals surface area contributed by atoms with E-state index in [9.17, 15) is 0 Å². The molecule has 0 saturated heterocycles. The van der Waals surface area contributed by atoms with Crippen molar-refractivity contribution in [1.82, 2.24) is 15.2 Å². The maximum Gasteiger partial charge on any atom is 0.141 e. The number of hydrogen-bond acceptors (Lipinski definition) is 5. The Bertz CT molecular complexity index is 441. The molecule has 2 aromatic heterocycles. The van der Waals surface area contributed by atoms with E-state index in [-0.39, 0.29) is 0 Å². The van der Waals surface area contributed by atoms with Gasteiger partial charge in [0.05, 0.1) is 24.7 Å². The minimum absolute atomic E-state index is 0.408. The fourth-order valence-electron chi connectivity index (χ4n) is 1.35. The number of nitrogens with zero attached hydrogens (tertiary/aromatic N) is 3. The summed E-state index contributed by atoms with van der Waals surface area (Å²) >= 11 is 0. The average molecular weight is 216 g/mol. The number of ether oxygens (including phenoxy) is 1. The van der Waals surface area contributed by atoms with Crippen molar-refractivity contribution in [3.8, 4) is 17.0 Å². The zero-order valence-corrected chi connectivity index (χ0v) is 8.92. The first kappa shape index (κ1) is 10.5. The largest absolute Gasteiger partial charge is 0.495 e. The van der Waals surface area contributed by atoms with E-state index in [1.54, 1.807) is 19.5 Å². The van der Waals surface area contributed by atoms with Gasteiger partial charge in [0.15, 0.2) is 0 Å². The Morgan fingerprint density at radius 1 is 1.38 bits per heavy atom. The lowest BCUT2D eigenvalue weighted by atomic mass is 10.1. The van der Waals surface area contributed by atoms with E-state index in [1.807, 2.05) is 18.2 Å². The van der Waals surface area contributed by atoms with Crippen LogP contribution in [-0.2, 0) is 6.54 Å². The number of hydrogen-bond donors (Lipinski definition) is 1. The first-order valence-corrected chi connectivity index (χ1v) is 4.85. The van der Waals surface area contributed by atoms with Gasteiger partial charge in [-0.1, -0.05) is 0 Å². The van der Waals surface area contributed by atoms with Crippen molar-refractivity contribution in [3.63, 3.8) is 0 Å². The van der Waals surface area contributed by atoms with Crippen LogP contribution in [-0.4, -0.2) is 22.3 Å². The summed E-state index contributed by atoms with van der Waals surface area (Å²) in [5.41, 5.74) is 8.03. The molecule has 0 amide bonds. The molecule has 2 rings (SSSR count). The maximum atomic E-state index is 5.53. The van der Waals surface area contributed by atoms with Gasteiger partial charge in [0.2, 0.25) is 0 Å². The normalized spacial score (nSPS) is 10.1. The van der Waals surface area contributed by atoms with Gasteiger partial charge < -0.3 is 10.5 Å². The van der Waals surface area contributed by atoms with Crippen LogP contribution in [0.5, 0.6) is 5.75 Å². The monoisotopic (exact) mass is 216 g/mol. The van der Waals surface area contributed by atoms with Gasteiger partial charge in [-0.05, 0) is 12.1 Å². The van der Waals surface area contributed by atoms with Gasteiger partial charge in [-0.3, -0.25) is 4.98 Å². The highest BCUT2D eigenvalue weighted by Crippen LogP contribution is 2.20. The van der Waals surface area contributed by atoms with Crippen molar-refractivity contribution >= 4 is 0 Å². The van der Waals surface area contributed by atoms with Gasteiger partial charge in [0.25, 0.3) is 0 Å². The highest BCUT2D eigenvalue weighted by molar-refractivity contribution is 5.59. The Hall–Kier alpha value is -2.01. The standard InChI is InChI=1S/C11H12N4O/c1-16-10-5-11(15-14-7-10)8-2-3-13-9(4-8)6-12/h2-5,7H,6,12H2,1H3. The maximum absolute atomic E-state index is 5.53. The molecule has 0 aliphatic carbocycles. The smallest absolute Gasteiger partial charge is 0.141 e. The Morgan fingerprint density at radius 3 is 3.00 bits per heavy atom. The van der Waals surface area contributed by atoms with Crippen LogP contribution in [0.25, 0.3) is 11.3 Å². The average Bonchev–Trinajstić information content (AvgIpc) is 2.39. The zero-order valence-electron chi connectivity index (χ0n) is 8.92. The zero-order chi connectivity index (χ0) is 11.4. The van der Waals surface area contributed by atoms with Gasteiger partial charge >= 0.3 is 0 Å². The summed E-state index contributed by atoms with van der Waals surface area (Å²) in [6, 6.07) is 5.58. The van der Waals surface area contributed by atoms with Crippen LogP contribution >= 0.6 is 0 Å². The van der Waals surface area contributed by atoms with Crippen LogP contribution in [0.2, 0.25) is 0 Å². The van der Waals surface area contributed by atoms with Crippen LogP contribution in [0.15, 0.2) is 30.6 Å². The molecule has 0 radical (unpaired) electrons. The van der Waals surface area contributed by atoms with Gasteiger partial charge in [-0.15, -0.1) is 0 Å². The number of pyridine rings is 1. The molecule has 0 atom stereocenters. The summed E-state index contributed by atoms with van der Waals surface area (Å²) in [6.45, 7) is 0.408. The second kappa shape index (κ2) is 4.67. The molecule has 0 unspecified atom stereocenters. The quantitative estimate of drug-likeness (QED) is 0.828. The third-order valence-electron chi connectivity index (χ3n) is 2.19. The predicted molar refractivity (Wildman–Crippen MR) is 59.7 cm³/mol. The Kier molecular flexibility index (Phi) is 3.07. The van der Waals surface area contributed by atoms with E-state index < -0.39 is 0 Å². The van der Waals surface area contributed by atoms with Crippen LogP contribution in [0.1, 0.15) is 5.69 Å². The Labute approximate surface area is 93.3 Å². The summed E-state index contributed by atoms with van der Waals surface area (Å²) in [4.78, 5) is 4.12. The van der Waals surface area contributed by atoms with Crippen molar-refractivity contribution in [3.05, 3.63) is 36.3 Å². The summed E-state index contributed by atoms with van der Waals surface area (Å²) in [5, 5.41) is 7.90. The van der Waals surface area contributed by atoms with E-state index in [2.05, 4.69) is 15.2 Å². The van der Waals surface area contributed by atoms with Crippen molar-refractivity contribution in [1.29, 1.82) is 0 Å². The lowest BCUT2D eigenvalue weighted by Crippen LogP contribution is -1.99. The summed E-state index contributed by atoms with van der Waals surface area (Å²) in [6.07, 6.45) is 3.27. The molecule has 0 aliphatic heterocycles. The third-order valence-corrected chi connectivity index (χ3v) is 2.19. The first-order valence-electron chi connectivity index (χ1n) is 4.85. The fourth-order valence-corrected chi connectivity index (χ4v) is 1.35. The second-order valence-corrected chi connectivity index (χ2v) is 3.22. The number of methoxy groups -OCH3 is 1. The molecule has 16 heavy (non-hydrogen) atoms. The summed E-state index contributed by atoms with van der Waals surface area (Å²) < 4.78 is 5.09. The van der Waals surface area contributed by atoms with Crippen LogP contribution < -0.4 is 10.5 Å². The van der Waals surface area contributed by atoms with Crippen molar-refractivity contribution < 1.29 is 4.74 Å². The molecule has 2 heterocycles. The van der Waals surface area contributed by atoms with Crippen LogP contribution in [0.4, 0.5) is 0 Å². The van der Waals surface area contributed by atoms with Gasteiger partial charge in [0, 0.05) is 24.4 Å². The van der Waals surface area contributed by atoms with Gasteiger partial charge in [-0.2, -0.15) is 10.2 Å². The molecule has 0 bridgehead atoms. The molecular weight excluding hydrogens is 204 g/mol. The fraction of sp³-hybridized carbons (Fsp3) is 0.182. The molecule has 2 N–H and O–H groups in total. The minimum atomic E-state index is 0.408. The lowest BCUT2D eigenvalue weighted by Gasteiger charge is -2.03. The van der Waals surface area contributed by atoms with Gasteiger partial charge in [0.1, 0.15) is 5.75 Å². The van der Waals surface area contributed by atoms with Crippen molar-refractivity contribution in [2.75, 3.05) is 7.11 Å². The van der Waals surface area contributed by atoms with E-state index in [4.69, 9.17) is 10.5 Å². The van der Waals surface area contributed by atoms with Crippen LogP contribution in [0, 0.1) is 0 Å². The van der Waals surface area contributed by atoms with E-state index in [0.29, 0.717) is 12.3 Å². The van der Waals surface area contributed by atoms with E-state index in [0.717, 1.165) is 17.0 Å². The molecule has 82 valence electrons. The summed E-state index contributed by atoms with van der Waals surface area (Å²) in [7, 11) is 1.60. The van der Waals surface area contributed by atoms with Crippen molar-refractivity contribution in [2.24, 2.45) is 5.73 Å². The summed E-state index contributed by atoms with van der Waals surface area (Å²) in [5.74, 6) is 0.677. The molecule has 0 aliphatic rings. The minimum Gasteiger partial charge on any atom is -0.495 e. The molecule has 0 saturated carbocycles. The van der Waals surface area contributed by atoms with Crippen LogP contribution in [0.3, 0.4) is 0 Å². The molecule has 5 nitrogen and oxygen atoms in total. The van der Waals surface area contributed by atoms with Crippen molar-refractivity contribution in [2.45, 2.75) is 6.54 Å². The molecule has 0 spiro atoms. The molecule has 5 heteroatoms. The highest BCUT2D eigenvalue weighted by atomic mass is 16.5. The van der Waals surface area contributed by atoms with Gasteiger partial charge in [-0.25, -0.2) is 0 Å². The third kappa shape index (κ3) is 2.14. The number of aromatic nitrogens is 3. The molecular formula is C11H12N4O. The topological polar surface area (TPSA) is 73.9 Å². The lowest BCUT2D eigenvalue weighted by molar-refractivity contribution is 0.412. The SMILES string of the molecule is COc1cnnc(-c2ccnc(CN)c2)c1. The number of rotatable bonds is 3. The predicted octanol–water partition coefficient (Wildman–Crippen LogP) is 1.01. The Balaban J connectivity index is 2.41. The molecule has 2 aromatic rings. The molecule has 0 aromatic carbocycles. The highest BCUT2D eigenvalue weighted by Gasteiger charge is 2.03. The second-order valence-electron chi connectivity index (χ2n) is 3.22. The first-order chi connectivity index (χ1) is 7.83. The van der Waals surface area contributed by atoms with E-state index in [1.165, 1.54) is 0 Å². The number of nitrogens with two attached hydrogens (primary N) is 1. The van der Waals surface area contributed by atoms with E-state index >= 15 is 0 Å². The molecule has 0 fully saturated rings. The Morgan fingerprint density at radius 2 is 2.25 bits per heavy atom.